The first kappa shape index (κ1) is 33.0. The second kappa shape index (κ2) is 23.0. The first-order valence-corrected chi connectivity index (χ1v) is 14.0. The quantitative estimate of drug-likeness (QED) is 0.151. The summed E-state index contributed by atoms with van der Waals surface area (Å²) in [5, 5.41) is 9.13. The Morgan fingerprint density at radius 3 is 1.33 bits per heavy atom. The average molecular weight is 457 g/mol. The van der Waals surface area contributed by atoms with Crippen LogP contribution in [-0.2, 0) is 10.1 Å². The molecule has 2 atom stereocenters. The van der Waals surface area contributed by atoms with E-state index in [-0.39, 0.29) is 35.7 Å². The summed E-state index contributed by atoms with van der Waals surface area (Å²) in [5.41, 5.74) is 0. The molecule has 2 unspecified atom stereocenters. The first-order valence-electron chi connectivity index (χ1n) is 12.5. The van der Waals surface area contributed by atoms with Crippen LogP contribution in [0.15, 0.2) is 0 Å². The van der Waals surface area contributed by atoms with Crippen LogP contribution in [0.1, 0.15) is 142 Å². The minimum absolute atomic E-state index is 0. The molecule has 6 heteroatoms. The molecule has 0 bridgehead atoms. The Bertz CT molecular complexity index is 442. The van der Waals surface area contributed by atoms with Crippen LogP contribution < -0.4 is 29.6 Å². The summed E-state index contributed by atoms with van der Waals surface area (Å²) >= 11 is 0. The second-order valence-electron chi connectivity index (χ2n) is 8.87. The summed E-state index contributed by atoms with van der Waals surface area (Å²) in [7, 11) is -4.18. The van der Waals surface area contributed by atoms with Gasteiger partial charge in [0.2, 0.25) is 0 Å². The fraction of sp³-hybridized carbons (Fsp3) is 1.00. The Morgan fingerprint density at radius 1 is 0.600 bits per heavy atom. The van der Waals surface area contributed by atoms with Crippen LogP contribution in [-0.4, -0.2) is 29.4 Å². The van der Waals surface area contributed by atoms with Crippen molar-refractivity contribution in [1.29, 1.82) is 0 Å². The van der Waals surface area contributed by atoms with E-state index >= 15 is 0 Å². The van der Waals surface area contributed by atoms with Crippen LogP contribution in [0.2, 0.25) is 0 Å². The molecule has 0 spiro atoms. The molecule has 0 aromatic heterocycles. The number of unbranched alkanes of at least 4 members (excludes halogenated alkanes) is 13. The normalized spacial score (nSPS) is 13.7. The van der Waals surface area contributed by atoms with Gasteiger partial charge < -0.3 is 9.66 Å². The SMILES string of the molecule is CCCCCCCCCCCCC(CCCCCCC(O)CCCC)S(=O)(=O)[O-].[Na+]. The van der Waals surface area contributed by atoms with Gasteiger partial charge in [-0.25, -0.2) is 8.42 Å². The summed E-state index contributed by atoms with van der Waals surface area (Å²) in [6.45, 7) is 4.36. The number of aliphatic hydroxyl groups excluding tert-OH is 1. The molecule has 30 heavy (non-hydrogen) atoms. The number of hydrogen-bond donors (Lipinski definition) is 1. The third kappa shape index (κ3) is 22.1. The van der Waals surface area contributed by atoms with Gasteiger partial charge in [0, 0.05) is 5.25 Å². The van der Waals surface area contributed by atoms with Crippen molar-refractivity contribution in [2.75, 3.05) is 0 Å². The van der Waals surface area contributed by atoms with Crippen LogP contribution >= 0.6 is 0 Å². The molecule has 0 saturated heterocycles. The fourth-order valence-electron chi connectivity index (χ4n) is 3.98. The van der Waals surface area contributed by atoms with Gasteiger partial charge in [0.15, 0.2) is 0 Å². The van der Waals surface area contributed by atoms with Gasteiger partial charge in [0.25, 0.3) is 0 Å². The van der Waals surface area contributed by atoms with E-state index in [2.05, 4.69) is 13.8 Å². The van der Waals surface area contributed by atoms with Crippen molar-refractivity contribution in [1.82, 2.24) is 0 Å². The van der Waals surface area contributed by atoms with E-state index in [1.807, 2.05) is 0 Å². The molecule has 0 saturated carbocycles. The third-order valence-corrected chi connectivity index (χ3v) is 7.28. The fourth-order valence-corrected chi connectivity index (χ4v) is 4.89. The van der Waals surface area contributed by atoms with Crippen LogP contribution in [0.5, 0.6) is 0 Å². The molecule has 0 radical (unpaired) electrons. The second-order valence-corrected chi connectivity index (χ2v) is 10.5. The van der Waals surface area contributed by atoms with Crippen molar-refractivity contribution in [3.63, 3.8) is 0 Å². The summed E-state index contributed by atoms with van der Waals surface area (Å²) in [6.07, 6.45) is 20.6. The van der Waals surface area contributed by atoms with Crippen molar-refractivity contribution < 1.29 is 47.6 Å². The minimum atomic E-state index is -4.18. The average Bonchev–Trinajstić information content (AvgIpc) is 2.67. The van der Waals surface area contributed by atoms with Gasteiger partial charge in [-0.1, -0.05) is 117 Å². The van der Waals surface area contributed by atoms with Gasteiger partial charge in [0.1, 0.15) is 0 Å². The van der Waals surface area contributed by atoms with Gasteiger partial charge >= 0.3 is 29.6 Å². The molecule has 176 valence electrons. The molecule has 0 fully saturated rings. The van der Waals surface area contributed by atoms with Gasteiger partial charge in [-0.2, -0.15) is 0 Å². The van der Waals surface area contributed by atoms with Gasteiger partial charge in [-0.15, -0.1) is 0 Å². The van der Waals surface area contributed by atoms with Crippen LogP contribution in [0.3, 0.4) is 0 Å². The Kier molecular flexibility index (Phi) is 25.4. The molecule has 1 N–H and O–H groups in total. The maximum Gasteiger partial charge on any atom is 1.00 e. The van der Waals surface area contributed by atoms with Gasteiger partial charge in [0.05, 0.1) is 16.2 Å². The summed E-state index contributed by atoms with van der Waals surface area (Å²) in [5.74, 6) is 0. The van der Waals surface area contributed by atoms with Crippen LogP contribution in [0.4, 0.5) is 0 Å². The Hall–Kier alpha value is 0.870. The van der Waals surface area contributed by atoms with E-state index in [9.17, 15) is 18.1 Å². The Labute approximate surface area is 210 Å². The molecule has 0 heterocycles. The van der Waals surface area contributed by atoms with E-state index in [1.165, 1.54) is 44.9 Å². The standard InChI is InChI=1S/C24H50O4S.Na/c1-3-5-7-8-9-10-11-12-13-17-21-24(29(26,27)28)22-18-15-14-16-20-23(25)19-6-4-2;/h23-25H,3-22H2,1-2H3,(H,26,27,28);/q;+1/p-1. The smallest absolute Gasteiger partial charge is 0.748 e. The Morgan fingerprint density at radius 2 is 0.933 bits per heavy atom. The van der Waals surface area contributed by atoms with E-state index < -0.39 is 15.4 Å². The van der Waals surface area contributed by atoms with Crippen molar-refractivity contribution >= 4 is 10.1 Å². The van der Waals surface area contributed by atoms with E-state index in [1.54, 1.807) is 0 Å². The molecule has 0 rings (SSSR count). The molecule has 0 aliphatic rings. The zero-order valence-corrected chi connectivity index (χ0v) is 23.2. The number of aliphatic hydroxyl groups is 1. The Balaban J connectivity index is 0. The molecular formula is C24H49NaO4S. The molecular weight excluding hydrogens is 407 g/mol. The van der Waals surface area contributed by atoms with Crippen molar-refractivity contribution in [2.45, 2.75) is 154 Å². The van der Waals surface area contributed by atoms with Crippen molar-refractivity contribution in [3.05, 3.63) is 0 Å². The molecule has 0 aromatic rings. The maximum atomic E-state index is 11.5. The molecule has 0 aliphatic heterocycles. The van der Waals surface area contributed by atoms with Gasteiger partial charge in [-0.05, 0) is 25.7 Å². The zero-order valence-electron chi connectivity index (χ0n) is 20.4. The summed E-state index contributed by atoms with van der Waals surface area (Å²) < 4.78 is 34.6. The molecule has 0 aromatic carbocycles. The van der Waals surface area contributed by atoms with E-state index in [0.717, 1.165) is 70.6 Å². The minimum Gasteiger partial charge on any atom is -0.748 e. The third-order valence-electron chi connectivity index (χ3n) is 5.99. The van der Waals surface area contributed by atoms with Gasteiger partial charge in [-0.3, -0.25) is 0 Å². The van der Waals surface area contributed by atoms with E-state index in [4.69, 9.17) is 0 Å². The molecule has 4 nitrogen and oxygen atoms in total. The molecule has 0 amide bonds. The number of rotatable bonds is 22. The molecule has 0 aliphatic carbocycles. The topological polar surface area (TPSA) is 77.4 Å². The number of hydrogen-bond acceptors (Lipinski definition) is 4. The zero-order chi connectivity index (χ0) is 21.8. The van der Waals surface area contributed by atoms with Crippen molar-refractivity contribution in [3.8, 4) is 0 Å². The maximum absolute atomic E-state index is 11.5. The van der Waals surface area contributed by atoms with Crippen LogP contribution in [0.25, 0.3) is 0 Å². The summed E-state index contributed by atoms with van der Waals surface area (Å²) in [4.78, 5) is 0. The monoisotopic (exact) mass is 456 g/mol. The first-order chi connectivity index (χ1) is 13.9. The van der Waals surface area contributed by atoms with E-state index in [0.29, 0.717) is 12.8 Å². The predicted molar refractivity (Wildman–Crippen MR) is 123 cm³/mol. The summed E-state index contributed by atoms with van der Waals surface area (Å²) in [6, 6.07) is 0. The predicted octanol–water partition coefficient (Wildman–Crippen LogP) is 4.11. The largest absolute Gasteiger partial charge is 1.00 e. The van der Waals surface area contributed by atoms with Crippen molar-refractivity contribution in [2.24, 2.45) is 0 Å². The van der Waals surface area contributed by atoms with Crippen LogP contribution in [0, 0.1) is 0 Å².